The normalized spacial score (nSPS) is 25.3. The smallest absolute Gasteiger partial charge is 0.256 e. The molecule has 0 spiro atoms. The molecule has 8 heteroatoms. The number of rotatable bonds is 7. The third-order valence-electron chi connectivity index (χ3n) is 5.71. The van der Waals surface area contributed by atoms with E-state index in [0.29, 0.717) is 12.0 Å². The van der Waals surface area contributed by atoms with Crippen molar-refractivity contribution in [1.29, 1.82) is 0 Å². The molecular weight excluding hydrogens is 406 g/mol. The molecule has 1 aromatic rings. The Hall–Kier alpha value is -1.67. The van der Waals surface area contributed by atoms with Crippen LogP contribution >= 0.6 is 23.5 Å². The summed E-state index contributed by atoms with van der Waals surface area (Å²) in [6.07, 6.45) is 4.56. The van der Waals surface area contributed by atoms with Gasteiger partial charge >= 0.3 is 0 Å². The molecule has 29 heavy (non-hydrogen) atoms. The van der Waals surface area contributed by atoms with Crippen molar-refractivity contribution in [3.05, 3.63) is 35.4 Å². The van der Waals surface area contributed by atoms with Crippen LogP contribution in [0.3, 0.4) is 0 Å². The van der Waals surface area contributed by atoms with Crippen molar-refractivity contribution < 1.29 is 14.4 Å². The number of hydrogen-bond donors (Lipinski definition) is 2. The molecule has 156 valence electrons. The van der Waals surface area contributed by atoms with Gasteiger partial charge in [-0.05, 0) is 56.7 Å². The predicted molar refractivity (Wildman–Crippen MR) is 117 cm³/mol. The zero-order chi connectivity index (χ0) is 20.8. The third kappa shape index (κ3) is 3.89. The molecule has 3 amide bonds. The van der Waals surface area contributed by atoms with Crippen molar-refractivity contribution >= 4 is 41.2 Å². The molecule has 3 atom stereocenters. The number of nitrogens with one attached hydrogen (secondary N) is 2. The Bertz CT molecular complexity index is 840. The van der Waals surface area contributed by atoms with E-state index in [1.165, 1.54) is 0 Å². The summed E-state index contributed by atoms with van der Waals surface area (Å²) in [5.41, 5.74) is 1.64. The number of carbonyl (C=O) groups excluding carboxylic acids is 3. The maximum atomic E-state index is 13.4. The minimum absolute atomic E-state index is 0.105. The maximum Gasteiger partial charge on any atom is 0.256 e. The van der Waals surface area contributed by atoms with Gasteiger partial charge in [0.2, 0.25) is 11.8 Å². The summed E-state index contributed by atoms with van der Waals surface area (Å²) >= 11 is 3.28. The van der Waals surface area contributed by atoms with Crippen LogP contribution in [0, 0.1) is 0 Å². The highest BCUT2D eigenvalue weighted by Gasteiger charge is 2.57. The molecule has 0 aromatic heterocycles. The number of thioether (sulfide) groups is 2. The minimum Gasteiger partial charge on any atom is -0.352 e. The second-order valence-corrected chi connectivity index (χ2v) is 11.1. The monoisotopic (exact) mass is 433 g/mol. The Morgan fingerprint density at radius 3 is 2.72 bits per heavy atom. The van der Waals surface area contributed by atoms with Crippen LogP contribution in [0.5, 0.6) is 0 Å². The van der Waals surface area contributed by atoms with Gasteiger partial charge in [0.1, 0.15) is 17.5 Å². The van der Waals surface area contributed by atoms with E-state index in [4.69, 9.17) is 0 Å². The first-order valence-electron chi connectivity index (χ1n) is 10.0. The molecule has 0 radical (unpaired) electrons. The molecule has 2 N–H and O–H groups in total. The number of nitrogens with zero attached hydrogens (tertiary/aromatic N) is 1. The summed E-state index contributed by atoms with van der Waals surface area (Å²) in [4.78, 5) is 40.8. The van der Waals surface area contributed by atoms with E-state index in [2.05, 4.69) is 10.6 Å². The Kier molecular flexibility index (Phi) is 5.59. The summed E-state index contributed by atoms with van der Waals surface area (Å²) in [6, 6.07) is 6.61. The van der Waals surface area contributed by atoms with Gasteiger partial charge in [0.25, 0.3) is 5.91 Å². The lowest BCUT2D eigenvalue weighted by atomic mass is 10.00. The lowest BCUT2D eigenvalue weighted by molar-refractivity contribution is -0.132. The SMILES string of the molecule is CSCCC(NC(=O)C1N2C(=O)c3ccccc3C2SC1(C)C)C(=O)NC1CC1. The van der Waals surface area contributed by atoms with Gasteiger partial charge in [-0.1, -0.05) is 18.2 Å². The molecule has 3 aliphatic rings. The van der Waals surface area contributed by atoms with Gasteiger partial charge in [-0.3, -0.25) is 14.4 Å². The number of amides is 3. The van der Waals surface area contributed by atoms with E-state index in [0.717, 1.165) is 24.2 Å². The number of benzene rings is 1. The van der Waals surface area contributed by atoms with Gasteiger partial charge in [0, 0.05) is 16.4 Å². The summed E-state index contributed by atoms with van der Waals surface area (Å²) in [5.74, 6) is 0.309. The van der Waals surface area contributed by atoms with Crippen molar-refractivity contribution in [2.75, 3.05) is 12.0 Å². The molecule has 1 saturated heterocycles. The summed E-state index contributed by atoms with van der Waals surface area (Å²) in [5, 5.41) is 5.81. The molecule has 4 rings (SSSR count). The average Bonchev–Trinajstić information content (AvgIpc) is 3.40. The largest absolute Gasteiger partial charge is 0.352 e. The van der Waals surface area contributed by atoms with E-state index >= 15 is 0 Å². The summed E-state index contributed by atoms with van der Waals surface area (Å²) in [6.45, 7) is 3.99. The van der Waals surface area contributed by atoms with Crippen LogP contribution in [0.2, 0.25) is 0 Å². The first-order valence-corrected chi connectivity index (χ1v) is 12.3. The molecule has 2 aliphatic heterocycles. The average molecular weight is 434 g/mol. The fraction of sp³-hybridized carbons (Fsp3) is 0.571. The van der Waals surface area contributed by atoms with E-state index in [1.54, 1.807) is 28.4 Å². The second kappa shape index (κ2) is 7.87. The van der Waals surface area contributed by atoms with Gasteiger partial charge in [-0.15, -0.1) is 11.8 Å². The van der Waals surface area contributed by atoms with Crippen molar-refractivity contribution in [1.82, 2.24) is 15.5 Å². The molecule has 1 aliphatic carbocycles. The van der Waals surface area contributed by atoms with Crippen molar-refractivity contribution in [2.45, 2.75) is 61.4 Å². The van der Waals surface area contributed by atoms with Gasteiger partial charge < -0.3 is 15.5 Å². The lowest BCUT2D eigenvalue weighted by Gasteiger charge is -2.31. The maximum absolute atomic E-state index is 13.4. The van der Waals surface area contributed by atoms with Crippen LogP contribution in [0.1, 0.15) is 54.4 Å². The highest BCUT2D eigenvalue weighted by atomic mass is 32.2. The van der Waals surface area contributed by atoms with Crippen LogP contribution in [0.25, 0.3) is 0 Å². The van der Waals surface area contributed by atoms with Crippen LogP contribution in [0.4, 0.5) is 0 Å². The van der Waals surface area contributed by atoms with Crippen LogP contribution in [-0.4, -0.2) is 57.5 Å². The molecular formula is C21H27N3O3S2. The van der Waals surface area contributed by atoms with Gasteiger partial charge in [0.05, 0.1) is 0 Å². The van der Waals surface area contributed by atoms with Crippen molar-refractivity contribution in [2.24, 2.45) is 0 Å². The topological polar surface area (TPSA) is 78.5 Å². The Balaban J connectivity index is 1.54. The fourth-order valence-electron chi connectivity index (χ4n) is 4.09. The van der Waals surface area contributed by atoms with Gasteiger partial charge in [-0.25, -0.2) is 0 Å². The molecule has 6 nitrogen and oxygen atoms in total. The summed E-state index contributed by atoms with van der Waals surface area (Å²) < 4.78 is -0.449. The highest BCUT2D eigenvalue weighted by Crippen LogP contribution is 2.56. The Morgan fingerprint density at radius 1 is 1.31 bits per heavy atom. The molecule has 1 aromatic carbocycles. The first kappa shape index (κ1) is 20.6. The lowest BCUT2D eigenvalue weighted by Crippen LogP contribution is -2.57. The molecule has 0 bridgehead atoms. The summed E-state index contributed by atoms with van der Waals surface area (Å²) in [7, 11) is 0. The fourth-order valence-corrected chi connectivity index (χ4v) is 6.15. The zero-order valence-corrected chi connectivity index (χ0v) is 18.6. The Labute approximate surface area is 179 Å². The van der Waals surface area contributed by atoms with E-state index in [-0.39, 0.29) is 29.1 Å². The predicted octanol–water partition coefficient (Wildman–Crippen LogP) is 2.55. The van der Waals surface area contributed by atoms with Crippen LogP contribution < -0.4 is 10.6 Å². The molecule has 3 unspecified atom stereocenters. The number of hydrogen-bond acceptors (Lipinski definition) is 5. The highest BCUT2D eigenvalue weighted by molar-refractivity contribution is 8.01. The Morgan fingerprint density at radius 2 is 2.03 bits per heavy atom. The zero-order valence-electron chi connectivity index (χ0n) is 16.9. The van der Waals surface area contributed by atoms with E-state index in [1.807, 2.05) is 44.4 Å². The standard InChI is InChI=1S/C21H27N3O3S2/c1-21(2)16(24-19(27)13-6-4-5-7-14(13)20(24)29-21)18(26)23-15(10-11-28-3)17(25)22-12-8-9-12/h4-7,12,15-16,20H,8-11H2,1-3H3,(H,22,25)(H,23,26). The number of carbonyl (C=O) groups is 3. The molecule has 1 saturated carbocycles. The van der Waals surface area contributed by atoms with E-state index < -0.39 is 16.8 Å². The van der Waals surface area contributed by atoms with Crippen LogP contribution in [-0.2, 0) is 9.59 Å². The van der Waals surface area contributed by atoms with Crippen LogP contribution in [0.15, 0.2) is 24.3 Å². The quantitative estimate of drug-likeness (QED) is 0.691. The first-order chi connectivity index (χ1) is 13.8. The second-order valence-electron chi connectivity index (χ2n) is 8.40. The van der Waals surface area contributed by atoms with Crippen molar-refractivity contribution in [3.63, 3.8) is 0 Å². The molecule has 2 fully saturated rings. The number of fused-ring (bicyclic) bond motifs is 3. The van der Waals surface area contributed by atoms with E-state index in [9.17, 15) is 14.4 Å². The van der Waals surface area contributed by atoms with Gasteiger partial charge in [0.15, 0.2) is 0 Å². The molecule has 2 heterocycles. The minimum atomic E-state index is -0.622. The third-order valence-corrected chi connectivity index (χ3v) is 7.89. The van der Waals surface area contributed by atoms with Crippen molar-refractivity contribution in [3.8, 4) is 0 Å². The van der Waals surface area contributed by atoms with Gasteiger partial charge in [-0.2, -0.15) is 11.8 Å².